The Bertz CT molecular complexity index is 404. The molecule has 0 saturated heterocycles. The molecule has 0 saturated carbocycles. The Balaban J connectivity index is 2.86. The summed E-state index contributed by atoms with van der Waals surface area (Å²) >= 11 is 0. The third-order valence-electron chi connectivity index (χ3n) is 1.90. The number of amides is 2. The van der Waals surface area contributed by atoms with E-state index in [1.807, 2.05) is 0 Å². The molecule has 0 unspecified atom stereocenters. The van der Waals surface area contributed by atoms with Crippen molar-refractivity contribution in [1.29, 1.82) is 0 Å². The topological polar surface area (TPSA) is 81.4 Å². The molecule has 0 bridgehead atoms. The van der Waals surface area contributed by atoms with Crippen LogP contribution < -0.4 is 15.8 Å². The first kappa shape index (κ1) is 12.0. The maximum atomic E-state index is 10.9. The van der Waals surface area contributed by atoms with Crippen LogP contribution in [0.3, 0.4) is 0 Å². The molecule has 16 heavy (non-hydrogen) atoms. The van der Waals surface area contributed by atoms with Gasteiger partial charge in [-0.2, -0.15) is 0 Å². The largest absolute Gasteiger partial charge is 0.479 e. The van der Waals surface area contributed by atoms with Crippen LogP contribution in [-0.4, -0.2) is 17.9 Å². The lowest BCUT2D eigenvalue weighted by atomic mass is 10.3. The normalized spacial score (nSPS) is 11.6. The van der Waals surface area contributed by atoms with Crippen LogP contribution in [0.15, 0.2) is 24.3 Å². The lowest BCUT2D eigenvalue weighted by molar-refractivity contribution is -0.123. The molecule has 0 radical (unpaired) electrons. The number of carbonyl (C=O) groups excluding carboxylic acids is 2. The molecule has 0 spiro atoms. The van der Waals surface area contributed by atoms with Gasteiger partial charge in [-0.15, -0.1) is 0 Å². The van der Waals surface area contributed by atoms with E-state index in [0.29, 0.717) is 11.4 Å². The number of hydrogen-bond donors (Lipinski definition) is 2. The molecule has 0 fully saturated rings. The molecule has 0 aliphatic heterocycles. The van der Waals surface area contributed by atoms with Gasteiger partial charge in [0.25, 0.3) is 5.91 Å². The molecule has 0 aliphatic rings. The van der Waals surface area contributed by atoms with E-state index in [1.54, 1.807) is 31.2 Å². The van der Waals surface area contributed by atoms with E-state index in [1.165, 1.54) is 6.92 Å². The highest BCUT2D eigenvalue weighted by Crippen LogP contribution is 2.24. The van der Waals surface area contributed by atoms with Crippen molar-refractivity contribution in [3.05, 3.63) is 24.3 Å². The minimum atomic E-state index is -0.741. The summed E-state index contributed by atoms with van der Waals surface area (Å²) < 4.78 is 5.32. The predicted octanol–water partition coefficient (Wildman–Crippen LogP) is 0.898. The van der Waals surface area contributed by atoms with E-state index in [9.17, 15) is 9.59 Å². The van der Waals surface area contributed by atoms with Crippen LogP contribution in [0.25, 0.3) is 0 Å². The van der Waals surface area contributed by atoms with Gasteiger partial charge >= 0.3 is 0 Å². The SMILES string of the molecule is CC(=O)Nc1ccccc1O[C@@H](C)C(N)=O. The molecule has 1 aromatic rings. The van der Waals surface area contributed by atoms with Gasteiger partial charge < -0.3 is 15.8 Å². The summed E-state index contributed by atoms with van der Waals surface area (Å²) in [4.78, 5) is 21.8. The smallest absolute Gasteiger partial charge is 0.258 e. The highest BCUT2D eigenvalue weighted by molar-refractivity contribution is 5.90. The van der Waals surface area contributed by atoms with Crippen LogP contribution in [-0.2, 0) is 9.59 Å². The summed E-state index contributed by atoms with van der Waals surface area (Å²) in [7, 11) is 0. The number of nitrogens with two attached hydrogens (primary N) is 1. The molecule has 0 heterocycles. The molecular formula is C11H14N2O3. The Morgan fingerprint density at radius 3 is 2.56 bits per heavy atom. The fraction of sp³-hybridized carbons (Fsp3) is 0.273. The predicted molar refractivity (Wildman–Crippen MR) is 60.0 cm³/mol. The van der Waals surface area contributed by atoms with Gasteiger partial charge in [0.2, 0.25) is 5.91 Å². The molecular weight excluding hydrogens is 208 g/mol. The van der Waals surface area contributed by atoms with Crippen LogP contribution in [0.4, 0.5) is 5.69 Å². The monoisotopic (exact) mass is 222 g/mol. The average molecular weight is 222 g/mol. The summed E-state index contributed by atoms with van der Waals surface area (Å²) in [6, 6.07) is 6.84. The lowest BCUT2D eigenvalue weighted by Crippen LogP contribution is -2.30. The number of carbonyl (C=O) groups is 2. The van der Waals surface area contributed by atoms with Gasteiger partial charge in [0.1, 0.15) is 5.75 Å². The third kappa shape index (κ3) is 3.27. The highest BCUT2D eigenvalue weighted by atomic mass is 16.5. The van der Waals surface area contributed by atoms with Crippen LogP contribution in [0.2, 0.25) is 0 Å². The second kappa shape index (κ2) is 5.16. The van der Waals surface area contributed by atoms with Crippen molar-refractivity contribution in [3.8, 4) is 5.75 Å². The zero-order chi connectivity index (χ0) is 12.1. The first-order valence-corrected chi connectivity index (χ1v) is 4.83. The van der Waals surface area contributed by atoms with Crippen molar-refractivity contribution in [2.75, 3.05) is 5.32 Å². The molecule has 5 heteroatoms. The van der Waals surface area contributed by atoms with Crippen LogP contribution in [0, 0.1) is 0 Å². The molecule has 1 atom stereocenters. The van der Waals surface area contributed by atoms with Gasteiger partial charge in [-0.25, -0.2) is 0 Å². The zero-order valence-corrected chi connectivity index (χ0v) is 9.19. The summed E-state index contributed by atoms with van der Waals surface area (Å²) in [6.45, 7) is 2.95. The van der Waals surface area contributed by atoms with E-state index >= 15 is 0 Å². The molecule has 3 N–H and O–H groups in total. The van der Waals surface area contributed by atoms with Gasteiger partial charge in [-0.1, -0.05) is 12.1 Å². The van der Waals surface area contributed by atoms with Crippen LogP contribution in [0.1, 0.15) is 13.8 Å². The minimum Gasteiger partial charge on any atom is -0.479 e. The molecule has 2 amide bonds. The molecule has 1 aromatic carbocycles. The molecule has 5 nitrogen and oxygen atoms in total. The van der Waals surface area contributed by atoms with Gasteiger partial charge in [-0.05, 0) is 19.1 Å². The summed E-state index contributed by atoms with van der Waals surface area (Å²) in [5.41, 5.74) is 5.60. The first-order valence-electron chi connectivity index (χ1n) is 4.83. The second-order valence-electron chi connectivity index (χ2n) is 3.34. The Hall–Kier alpha value is -2.04. The fourth-order valence-corrected chi connectivity index (χ4v) is 1.11. The number of rotatable bonds is 4. The van der Waals surface area contributed by atoms with Crippen LogP contribution >= 0.6 is 0 Å². The van der Waals surface area contributed by atoms with Crippen molar-refractivity contribution in [2.24, 2.45) is 5.73 Å². The van der Waals surface area contributed by atoms with Gasteiger partial charge in [0.05, 0.1) is 5.69 Å². The molecule has 1 rings (SSSR count). The Kier molecular flexibility index (Phi) is 3.88. The van der Waals surface area contributed by atoms with Gasteiger partial charge in [-0.3, -0.25) is 9.59 Å². The number of hydrogen-bond acceptors (Lipinski definition) is 3. The quantitative estimate of drug-likeness (QED) is 0.794. The van der Waals surface area contributed by atoms with E-state index in [4.69, 9.17) is 10.5 Å². The molecule has 0 aromatic heterocycles. The summed E-state index contributed by atoms with van der Waals surface area (Å²) in [5.74, 6) is -0.343. The number of primary amides is 1. The zero-order valence-electron chi connectivity index (χ0n) is 9.19. The van der Waals surface area contributed by atoms with Crippen molar-refractivity contribution in [3.63, 3.8) is 0 Å². The highest BCUT2D eigenvalue weighted by Gasteiger charge is 2.12. The second-order valence-corrected chi connectivity index (χ2v) is 3.34. The summed E-state index contributed by atoms with van der Waals surface area (Å²) in [6.07, 6.45) is -0.741. The summed E-state index contributed by atoms with van der Waals surface area (Å²) in [5, 5.41) is 2.60. The molecule has 0 aliphatic carbocycles. The number of nitrogens with one attached hydrogen (secondary N) is 1. The molecule has 86 valence electrons. The number of para-hydroxylation sites is 2. The van der Waals surface area contributed by atoms with Crippen LogP contribution in [0.5, 0.6) is 5.75 Å². The minimum absolute atomic E-state index is 0.206. The van der Waals surface area contributed by atoms with E-state index in [-0.39, 0.29) is 5.91 Å². The first-order chi connectivity index (χ1) is 7.50. The maximum absolute atomic E-state index is 10.9. The van der Waals surface area contributed by atoms with Crippen molar-refractivity contribution in [1.82, 2.24) is 0 Å². The third-order valence-corrected chi connectivity index (χ3v) is 1.90. The van der Waals surface area contributed by atoms with E-state index in [0.717, 1.165) is 0 Å². The number of benzene rings is 1. The lowest BCUT2D eigenvalue weighted by Gasteiger charge is -2.14. The Labute approximate surface area is 93.6 Å². The standard InChI is InChI=1S/C11H14N2O3/c1-7(11(12)15)16-10-6-4-3-5-9(10)13-8(2)14/h3-7H,1-2H3,(H2,12,15)(H,13,14)/t7-/m0/s1. The van der Waals surface area contributed by atoms with E-state index in [2.05, 4.69) is 5.32 Å². The Morgan fingerprint density at radius 1 is 1.38 bits per heavy atom. The van der Waals surface area contributed by atoms with Crippen molar-refractivity contribution < 1.29 is 14.3 Å². The van der Waals surface area contributed by atoms with Gasteiger partial charge in [0.15, 0.2) is 6.10 Å². The number of ether oxygens (including phenoxy) is 1. The Morgan fingerprint density at radius 2 is 2.00 bits per heavy atom. The maximum Gasteiger partial charge on any atom is 0.258 e. The van der Waals surface area contributed by atoms with Gasteiger partial charge in [0, 0.05) is 6.92 Å². The number of anilines is 1. The van der Waals surface area contributed by atoms with E-state index < -0.39 is 12.0 Å². The van der Waals surface area contributed by atoms with Crippen molar-refractivity contribution in [2.45, 2.75) is 20.0 Å². The van der Waals surface area contributed by atoms with Crippen molar-refractivity contribution >= 4 is 17.5 Å². The fourth-order valence-electron chi connectivity index (χ4n) is 1.11. The average Bonchev–Trinajstić information content (AvgIpc) is 2.20.